The van der Waals surface area contributed by atoms with Crippen LogP contribution in [0.2, 0.25) is 10.0 Å². The molecule has 0 radical (unpaired) electrons. The van der Waals surface area contributed by atoms with Crippen LogP contribution in [0.1, 0.15) is 43.7 Å². The molecule has 0 aliphatic heterocycles. The summed E-state index contributed by atoms with van der Waals surface area (Å²) < 4.78 is 7.07. The van der Waals surface area contributed by atoms with E-state index in [0.717, 1.165) is 27.8 Å². The fraction of sp³-hybridized carbons (Fsp3) is 0.172. The molecule has 38 heavy (non-hydrogen) atoms. The maximum Gasteiger partial charge on any atom is 0.348 e. The molecule has 9 heteroatoms. The Morgan fingerprint density at radius 1 is 1.16 bits per heavy atom. The average molecular weight is 562 g/mol. The van der Waals surface area contributed by atoms with Crippen molar-refractivity contribution in [2.75, 3.05) is 6.61 Å². The summed E-state index contributed by atoms with van der Waals surface area (Å²) in [6.45, 7) is 4.02. The number of carbonyl (C=O) groups excluding carboxylic acids is 2. The molecule has 4 aromatic rings. The first-order valence-electron chi connectivity index (χ1n) is 11.6. The molecule has 0 aliphatic carbocycles. The van der Waals surface area contributed by atoms with Gasteiger partial charge in [-0.3, -0.25) is 4.79 Å². The smallest absolute Gasteiger partial charge is 0.348 e. The SMILES string of the molecule is CCOC(=O)c1sc(CC(=O)/C(C#N)=C/c2cn(Cc3ccc(Cl)cc3Cl)c3ccccc23)c(C#N)c1C. The maximum absolute atomic E-state index is 13.2. The lowest BCUT2D eigenvalue weighted by atomic mass is 10.0. The number of thiophene rings is 1. The van der Waals surface area contributed by atoms with Gasteiger partial charge in [0.25, 0.3) is 0 Å². The maximum atomic E-state index is 13.2. The zero-order valence-electron chi connectivity index (χ0n) is 20.5. The lowest BCUT2D eigenvalue weighted by Crippen LogP contribution is -2.05. The summed E-state index contributed by atoms with van der Waals surface area (Å²) >= 11 is 13.5. The second kappa shape index (κ2) is 11.7. The summed E-state index contributed by atoms with van der Waals surface area (Å²) in [5.41, 5.74) is 3.17. The van der Waals surface area contributed by atoms with Crippen molar-refractivity contribution in [3.8, 4) is 12.1 Å². The van der Waals surface area contributed by atoms with E-state index in [1.165, 1.54) is 0 Å². The van der Waals surface area contributed by atoms with Crippen molar-refractivity contribution >= 4 is 63.3 Å². The minimum atomic E-state index is -0.533. The van der Waals surface area contributed by atoms with E-state index < -0.39 is 11.8 Å². The van der Waals surface area contributed by atoms with Gasteiger partial charge >= 0.3 is 5.97 Å². The summed E-state index contributed by atoms with van der Waals surface area (Å²) in [7, 11) is 0. The molecular weight excluding hydrogens is 541 g/mol. The highest BCUT2D eigenvalue weighted by Crippen LogP contribution is 2.31. The first-order chi connectivity index (χ1) is 18.3. The number of nitriles is 2. The summed E-state index contributed by atoms with van der Waals surface area (Å²) in [5, 5.41) is 21.4. The summed E-state index contributed by atoms with van der Waals surface area (Å²) in [6, 6.07) is 17.1. The topological polar surface area (TPSA) is 95.9 Å². The minimum absolute atomic E-state index is 0.0509. The lowest BCUT2D eigenvalue weighted by Gasteiger charge is -2.08. The van der Waals surface area contributed by atoms with Gasteiger partial charge in [0.15, 0.2) is 5.78 Å². The zero-order chi connectivity index (χ0) is 27.4. The van der Waals surface area contributed by atoms with Crippen LogP contribution >= 0.6 is 34.5 Å². The quantitative estimate of drug-likeness (QED) is 0.129. The second-order valence-corrected chi connectivity index (χ2v) is 10.4. The molecule has 0 saturated heterocycles. The standard InChI is InChI=1S/C29H21Cl2N3O3S/c1-3-37-29(36)28-17(2)23(14-33)27(38-28)12-26(35)19(13-32)10-20-16-34(25-7-5-4-6-22(20)25)15-18-8-9-21(30)11-24(18)31/h4-11,16H,3,12,15H2,1-2H3/b19-10+. The van der Waals surface area contributed by atoms with Gasteiger partial charge in [0.05, 0.1) is 17.7 Å². The third kappa shape index (κ3) is 5.51. The third-order valence-corrected chi connectivity index (χ3v) is 7.87. The van der Waals surface area contributed by atoms with Crippen molar-refractivity contribution in [1.82, 2.24) is 4.57 Å². The predicted octanol–water partition coefficient (Wildman–Crippen LogP) is 7.13. The molecule has 2 heterocycles. The average Bonchev–Trinajstić information content (AvgIpc) is 3.40. The van der Waals surface area contributed by atoms with Gasteiger partial charge in [0.1, 0.15) is 17.0 Å². The zero-order valence-corrected chi connectivity index (χ0v) is 22.9. The number of nitrogens with zero attached hydrogens (tertiary/aromatic N) is 3. The van der Waals surface area contributed by atoms with E-state index in [2.05, 4.69) is 6.07 Å². The Bertz CT molecular complexity index is 1690. The number of rotatable bonds is 8. The third-order valence-electron chi connectivity index (χ3n) is 6.01. The van der Waals surface area contributed by atoms with Crippen LogP contribution in [0.25, 0.3) is 17.0 Å². The molecular formula is C29H21Cl2N3O3S. The molecule has 0 atom stereocenters. The summed E-state index contributed by atoms with van der Waals surface area (Å²) in [5.74, 6) is -0.979. The number of hydrogen-bond donors (Lipinski definition) is 0. The minimum Gasteiger partial charge on any atom is -0.462 e. The van der Waals surface area contributed by atoms with Gasteiger partial charge < -0.3 is 9.30 Å². The number of halogens is 2. The normalized spacial score (nSPS) is 11.3. The number of ketones is 1. The van der Waals surface area contributed by atoms with Crippen molar-refractivity contribution in [3.05, 3.63) is 96.3 Å². The van der Waals surface area contributed by atoms with Crippen molar-refractivity contribution in [1.29, 1.82) is 10.5 Å². The number of esters is 1. The van der Waals surface area contributed by atoms with Crippen LogP contribution in [0.4, 0.5) is 0 Å². The molecule has 190 valence electrons. The van der Waals surface area contributed by atoms with Crippen LogP contribution in [0.3, 0.4) is 0 Å². The van der Waals surface area contributed by atoms with Crippen LogP contribution in [0.15, 0.2) is 54.2 Å². The van der Waals surface area contributed by atoms with Crippen molar-refractivity contribution in [3.63, 3.8) is 0 Å². The molecule has 0 saturated carbocycles. The Balaban J connectivity index is 1.68. The van der Waals surface area contributed by atoms with Gasteiger partial charge in [-0.05, 0) is 49.2 Å². The van der Waals surface area contributed by atoms with Crippen LogP contribution in [-0.2, 0) is 22.5 Å². The number of ether oxygens (including phenoxy) is 1. The van der Waals surface area contributed by atoms with Crippen LogP contribution in [0, 0.1) is 29.6 Å². The van der Waals surface area contributed by atoms with E-state index in [9.17, 15) is 20.1 Å². The van der Waals surface area contributed by atoms with Gasteiger partial charge in [0.2, 0.25) is 0 Å². The van der Waals surface area contributed by atoms with Crippen LogP contribution < -0.4 is 0 Å². The van der Waals surface area contributed by atoms with E-state index in [-0.39, 0.29) is 29.0 Å². The number of carbonyl (C=O) groups is 2. The monoisotopic (exact) mass is 561 g/mol. The Morgan fingerprint density at radius 2 is 1.92 bits per heavy atom. The van der Waals surface area contributed by atoms with E-state index in [4.69, 9.17) is 27.9 Å². The number of aromatic nitrogens is 1. The molecule has 2 aromatic heterocycles. The van der Waals surface area contributed by atoms with E-state index in [1.54, 1.807) is 32.1 Å². The Labute approximate surface area is 233 Å². The molecule has 0 fully saturated rings. The molecule has 0 aliphatic rings. The fourth-order valence-electron chi connectivity index (χ4n) is 4.16. The van der Waals surface area contributed by atoms with E-state index in [1.807, 2.05) is 47.2 Å². The highest BCUT2D eigenvalue weighted by molar-refractivity contribution is 7.14. The summed E-state index contributed by atoms with van der Waals surface area (Å²) in [4.78, 5) is 26.2. The van der Waals surface area contributed by atoms with Gasteiger partial charge in [-0.25, -0.2) is 4.79 Å². The van der Waals surface area contributed by atoms with Gasteiger partial charge in [0, 0.05) is 50.6 Å². The Morgan fingerprint density at radius 3 is 2.61 bits per heavy atom. The molecule has 0 N–H and O–H groups in total. The second-order valence-electron chi connectivity index (χ2n) is 8.42. The molecule has 0 bridgehead atoms. The van der Waals surface area contributed by atoms with Gasteiger partial charge in [-0.15, -0.1) is 11.3 Å². The highest BCUT2D eigenvalue weighted by atomic mass is 35.5. The lowest BCUT2D eigenvalue weighted by molar-refractivity contribution is -0.114. The number of para-hydroxylation sites is 1. The molecule has 6 nitrogen and oxygen atoms in total. The molecule has 2 aromatic carbocycles. The number of allylic oxidation sites excluding steroid dienone is 1. The number of fused-ring (bicyclic) bond motifs is 1. The molecule has 0 spiro atoms. The van der Waals surface area contributed by atoms with E-state index in [0.29, 0.717) is 32.6 Å². The largest absolute Gasteiger partial charge is 0.462 e. The van der Waals surface area contributed by atoms with Crippen molar-refractivity contribution in [2.24, 2.45) is 0 Å². The van der Waals surface area contributed by atoms with E-state index >= 15 is 0 Å². The van der Waals surface area contributed by atoms with Gasteiger partial charge in [-0.1, -0.05) is 47.5 Å². The fourth-order valence-corrected chi connectivity index (χ4v) is 5.78. The Hall–Kier alpha value is -3.88. The van der Waals surface area contributed by atoms with Gasteiger partial charge in [-0.2, -0.15) is 10.5 Å². The predicted molar refractivity (Wildman–Crippen MR) is 150 cm³/mol. The number of Topliss-reactive ketones (excluding diaryl/α,β-unsaturated/α-hetero) is 1. The van der Waals surface area contributed by atoms with Crippen molar-refractivity contribution in [2.45, 2.75) is 26.8 Å². The number of hydrogen-bond acceptors (Lipinski definition) is 6. The molecule has 0 unspecified atom stereocenters. The first kappa shape index (κ1) is 27.2. The first-order valence-corrected chi connectivity index (χ1v) is 13.2. The summed E-state index contributed by atoms with van der Waals surface area (Å²) in [6.07, 6.45) is 3.25. The van der Waals surface area contributed by atoms with Crippen molar-refractivity contribution < 1.29 is 14.3 Å². The van der Waals surface area contributed by atoms with Crippen LogP contribution in [-0.4, -0.2) is 22.9 Å². The Kier molecular flexibility index (Phi) is 8.34. The van der Waals surface area contributed by atoms with Crippen LogP contribution in [0.5, 0.6) is 0 Å². The molecule has 4 rings (SSSR count). The highest BCUT2D eigenvalue weighted by Gasteiger charge is 2.23. The number of benzene rings is 2. The molecule has 0 amide bonds.